The summed E-state index contributed by atoms with van der Waals surface area (Å²) < 4.78 is 7.08. The van der Waals surface area contributed by atoms with Crippen LogP contribution in [0, 0.1) is 0 Å². The molecular weight excluding hydrogens is 318 g/mol. The summed E-state index contributed by atoms with van der Waals surface area (Å²) in [5, 5.41) is 11.0. The number of anilines is 1. The van der Waals surface area contributed by atoms with Crippen LogP contribution in [-0.2, 0) is 20.0 Å². The molecule has 0 unspecified atom stereocenters. The fourth-order valence-corrected chi connectivity index (χ4v) is 2.79. The lowest BCUT2D eigenvalue weighted by molar-refractivity contribution is 0.251. The van der Waals surface area contributed by atoms with Crippen molar-refractivity contribution in [2.45, 2.75) is 19.9 Å². The highest BCUT2D eigenvalue weighted by molar-refractivity contribution is 6.02. The molecular formula is C18H21N5O2. The molecule has 0 radical (unpaired) electrons. The van der Waals surface area contributed by atoms with E-state index < -0.39 is 0 Å². The Bertz CT molecular complexity index is 904. The standard InChI is InChI=1S/C18H21N5O2/c1-4-14-12(11-23(2)22-14)10-20-18(24)21-15-7-8-16(25-3)17-13(15)6-5-9-19-17/h5-9,11H,4,10H2,1-3H3,(H2,20,21,24). The van der Waals surface area contributed by atoms with Crippen molar-refractivity contribution in [3.8, 4) is 5.75 Å². The van der Waals surface area contributed by atoms with Crippen LogP contribution in [0.2, 0.25) is 0 Å². The molecule has 0 bridgehead atoms. The lowest BCUT2D eigenvalue weighted by Crippen LogP contribution is -2.28. The van der Waals surface area contributed by atoms with Gasteiger partial charge in [0, 0.05) is 36.9 Å². The van der Waals surface area contributed by atoms with E-state index in [1.54, 1.807) is 24.1 Å². The van der Waals surface area contributed by atoms with Gasteiger partial charge in [-0.2, -0.15) is 5.10 Å². The SMILES string of the molecule is CCc1nn(C)cc1CNC(=O)Nc1ccc(OC)c2ncccc12. The number of nitrogens with zero attached hydrogens (tertiary/aromatic N) is 3. The lowest BCUT2D eigenvalue weighted by Gasteiger charge is -2.11. The van der Waals surface area contributed by atoms with E-state index in [-0.39, 0.29) is 6.03 Å². The maximum atomic E-state index is 12.3. The molecule has 0 saturated carbocycles. The van der Waals surface area contributed by atoms with Gasteiger partial charge in [-0.05, 0) is 30.7 Å². The Morgan fingerprint density at radius 3 is 2.92 bits per heavy atom. The number of fused-ring (bicyclic) bond motifs is 1. The second-order valence-electron chi connectivity index (χ2n) is 5.65. The summed E-state index contributed by atoms with van der Waals surface area (Å²) in [6.45, 7) is 2.47. The summed E-state index contributed by atoms with van der Waals surface area (Å²) in [4.78, 5) is 16.6. The van der Waals surface area contributed by atoms with Gasteiger partial charge in [0.15, 0.2) is 0 Å². The quantitative estimate of drug-likeness (QED) is 0.749. The van der Waals surface area contributed by atoms with E-state index >= 15 is 0 Å². The molecule has 1 aromatic carbocycles. The van der Waals surface area contributed by atoms with Gasteiger partial charge in [0.25, 0.3) is 0 Å². The molecule has 7 heteroatoms. The Hall–Kier alpha value is -3.09. The van der Waals surface area contributed by atoms with Crippen LogP contribution in [0.25, 0.3) is 10.9 Å². The molecule has 130 valence electrons. The van der Waals surface area contributed by atoms with Gasteiger partial charge in [-0.3, -0.25) is 9.67 Å². The molecule has 2 amide bonds. The van der Waals surface area contributed by atoms with E-state index in [4.69, 9.17) is 4.74 Å². The first-order chi connectivity index (χ1) is 12.1. The summed E-state index contributed by atoms with van der Waals surface area (Å²) in [7, 11) is 3.47. The molecule has 2 aromatic heterocycles. The number of pyridine rings is 1. The van der Waals surface area contributed by atoms with Crippen LogP contribution in [0.5, 0.6) is 5.75 Å². The Kier molecular flexibility index (Phi) is 4.83. The maximum Gasteiger partial charge on any atom is 0.319 e. The van der Waals surface area contributed by atoms with Crippen LogP contribution in [-0.4, -0.2) is 27.9 Å². The van der Waals surface area contributed by atoms with E-state index in [9.17, 15) is 4.79 Å². The van der Waals surface area contributed by atoms with Crippen LogP contribution < -0.4 is 15.4 Å². The van der Waals surface area contributed by atoms with Gasteiger partial charge in [0.05, 0.1) is 18.5 Å². The van der Waals surface area contributed by atoms with E-state index in [0.717, 1.165) is 23.1 Å². The molecule has 25 heavy (non-hydrogen) atoms. The first-order valence-corrected chi connectivity index (χ1v) is 8.10. The normalized spacial score (nSPS) is 10.7. The number of carbonyl (C=O) groups is 1. The molecule has 2 heterocycles. The number of amides is 2. The van der Waals surface area contributed by atoms with E-state index in [0.29, 0.717) is 23.5 Å². The Balaban J connectivity index is 1.74. The summed E-state index contributed by atoms with van der Waals surface area (Å²) in [5.41, 5.74) is 3.40. The van der Waals surface area contributed by atoms with Crippen molar-refractivity contribution in [3.63, 3.8) is 0 Å². The van der Waals surface area contributed by atoms with Crippen LogP contribution in [0.15, 0.2) is 36.7 Å². The monoisotopic (exact) mass is 339 g/mol. The van der Waals surface area contributed by atoms with Crippen molar-refractivity contribution in [1.29, 1.82) is 0 Å². The number of methoxy groups -OCH3 is 1. The van der Waals surface area contributed by atoms with Crippen molar-refractivity contribution >= 4 is 22.6 Å². The second-order valence-corrected chi connectivity index (χ2v) is 5.65. The molecule has 0 aliphatic heterocycles. The van der Waals surface area contributed by atoms with Crippen molar-refractivity contribution in [2.75, 3.05) is 12.4 Å². The molecule has 0 fully saturated rings. The lowest BCUT2D eigenvalue weighted by atomic mass is 10.1. The highest BCUT2D eigenvalue weighted by Crippen LogP contribution is 2.29. The number of aryl methyl sites for hydroxylation is 2. The van der Waals surface area contributed by atoms with Crippen molar-refractivity contribution in [2.24, 2.45) is 7.05 Å². The number of hydrogen-bond donors (Lipinski definition) is 2. The summed E-state index contributed by atoms with van der Waals surface area (Å²) in [6.07, 6.45) is 4.45. The van der Waals surface area contributed by atoms with Crippen molar-refractivity contribution in [3.05, 3.63) is 47.9 Å². The van der Waals surface area contributed by atoms with Crippen LogP contribution in [0.3, 0.4) is 0 Å². The highest BCUT2D eigenvalue weighted by atomic mass is 16.5. The van der Waals surface area contributed by atoms with Gasteiger partial charge >= 0.3 is 6.03 Å². The van der Waals surface area contributed by atoms with Gasteiger partial charge in [-0.15, -0.1) is 0 Å². The zero-order chi connectivity index (χ0) is 17.8. The molecule has 0 spiro atoms. The summed E-state index contributed by atoms with van der Waals surface area (Å²) in [5.74, 6) is 0.671. The predicted molar refractivity (Wildman–Crippen MR) is 96.7 cm³/mol. The third-order valence-electron chi connectivity index (χ3n) is 3.97. The molecule has 7 nitrogen and oxygen atoms in total. The first kappa shape index (κ1) is 16.8. The van der Waals surface area contributed by atoms with E-state index in [1.807, 2.05) is 38.4 Å². The average molecular weight is 339 g/mol. The third kappa shape index (κ3) is 3.55. The Morgan fingerprint density at radius 1 is 1.32 bits per heavy atom. The number of benzene rings is 1. The fourth-order valence-electron chi connectivity index (χ4n) is 2.79. The molecule has 3 aromatic rings. The van der Waals surface area contributed by atoms with Gasteiger partial charge in [0.2, 0.25) is 0 Å². The van der Waals surface area contributed by atoms with Gasteiger partial charge in [-0.25, -0.2) is 4.79 Å². The van der Waals surface area contributed by atoms with Crippen LogP contribution in [0.4, 0.5) is 10.5 Å². The number of aromatic nitrogens is 3. The van der Waals surface area contributed by atoms with Crippen LogP contribution >= 0.6 is 0 Å². The second kappa shape index (κ2) is 7.21. The summed E-state index contributed by atoms with van der Waals surface area (Å²) in [6, 6.07) is 7.05. The largest absolute Gasteiger partial charge is 0.494 e. The fraction of sp³-hybridized carbons (Fsp3) is 0.278. The minimum atomic E-state index is -0.277. The minimum Gasteiger partial charge on any atom is -0.494 e. The van der Waals surface area contributed by atoms with Gasteiger partial charge < -0.3 is 15.4 Å². The molecule has 0 aliphatic carbocycles. The molecule has 0 aliphatic rings. The zero-order valence-electron chi connectivity index (χ0n) is 14.5. The molecule has 2 N–H and O–H groups in total. The van der Waals surface area contributed by atoms with Gasteiger partial charge in [-0.1, -0.05) is 6.92 Å². The van der Waals surface area contributed by atoms with Crippen molar-refractivity contribution < 1.29 is 9.53 Å². The number of rotatable bonds is 5. The van der Waals surface area contributed by atoms with Gasteiger partial charge in [0.1, 0.15) is 11.3 Å². The smallest absolute Gasteiger partial charge is 0.319 e. The third-order valence-corrected chi connectivity index (χ3v) is 3.97. The van der Waals surface area contributed by atoms with E-state index in [2.05, 4.69) is 20.7 Å². The molecule has 3 rings (SSSR count). The number of nitrogens with one attached hydrogen (secondary N) is 2. The highest BCUT2D eigenvalue weighted by Gasteiger charge is 2.11. The first-order valence-electron chi connectivity index (χ1n) is 8.10. The average Bonchev–Trinajstić information content (AvgIpc) is 3.00. The predicted octanol–water partition coefficient (Wildman–Crippen LogP) is 2.86. The van der Waals surface area contributed by atoms with E-state index in [1.165, 1.54) is 0 Å². The Labute approximate surface area is 146 Å². The minimum absolute atomic E-state index is 0.277. The molecule has 0 atom stereocenters. The molecule has 0 saturated heterocycles. The number of ether oxygens (including phenoxy) is 1. The number of hydrogen-bond acceptors (Lipinski definition) is 4. The summed E-state index contributed by atoms with van der Waals surface area (Å²) >= 11 is 0. The Morgan fingerprint density at radius 2 is 2.16 bits per heavy atom. The number of urea groups is 1. The maximum absolute atomic E-state index is 12.3. The topological polar surface area (TPSA) is 81.1 Å². The number of carbonyl (C=O) groups excluding carboxylic acids is 1. The van der Waals surface area contributed by atoms with Crippen molar-refractivity contribution in [1.82, 2.24) is 20.1 Å². The zero-order valence-corrected chi connectivity index (χ0v) is 14.5. The van der Waals surface area contributed by atoms with Crippen LogP contribution in [0.1, 0.15) is 18.2 Å².